The molecule has 1 saturated heterocycles. The summed E-state index contributed by atoms with van der Waals surface area (Å²) in [5.74, 6) is -0.116. The van der Waals surface area contributed by atoms with Crippen LogP contribution in [0.15, 0.2) is 24.3 Å². The number of rotatable bonds is 2. The van der Waals surface area contributed by atoms with Gasteiger partial charge in [0.05, 0.1) is 5.69 Å². The third-order valence-corrected chi connectivity index (χ3v) is 6.04. The van der Waals surface area contributed by atoms with Crippen molar-refractivity contribution in [2.45, 2.75) is 45.6 Å². The van der Waals surface area contributed by atoms with Crippen molar-refractivity contribution in [1.82, 2.24) is 9.88 Å². The quantitative estimate of drug-likeness (QED) is 0.697. The molecule has 2 aromatic rings. The molecule has 2 amide bonds. The largest absolute Gasteiger partial charge is 0.444 e. The lowest BCUT2D eigenvalue weighted by Gasteiger charge is -2.32. The fourth-order valence-electron chi connectivity index (χ4n) is 3.67. The number of anilines is 1. The van der Waals surface area contributed by atoms with Crippen molar-refractivity contribution in [3.05, 3.63) is 34.7 Å². The van der Waals surface area contributed by atoms with Crippen molar-refractivity contribution in [2.24, 2.45) is 5.92 Å². The second-order valence-electron chi connectivity index (χ2n) is 8.36. The number of carbonyl (C=O) groups excluding carboxylic acids is 2. The van der Waals surface area contributed by atoms with Crippen LogP contribution in [0.4, 0.5) is 9.93 Å². The first-order valence-electron chi connectivity index (χ1n) is 9.67. The predicted octanol–water partition coefficient (Wildman–Crippen LogP) is 4.30. The highest BCUT2D eigenvalue weighted by molar-refractivity contribution is 7.16. The molecule has 2 aliphatic rings. The number of aromatic nitrogens is 1. The minimum atomic E-state index is -0.505. The molecule has 28 heavy (non-hydrogen) atoms. The van der Waals surface area contributed by atoms with E-state index < -0.39 is 5.60 Å². The van der Waals surface area contributed by atoms with Crippen LogP contribution in [-0.2, 0) is 16.0 Å². The Hall–Kier alpha value is -2.41. The molecule has 7 heteroatoms. The van der Waals surface area contributed by atoms with Gasteiger partial charge < -0.3 is 15.0 Å². The van der Waals surface area contributed by atoms with Gasteiger partial charge in [0.25, 0.3) is 0 Å². The molecule has 4 rings (SSSR count). The molecule has 0 unspecified atom stereocenters. The highest BCUT2D eigenvalue weighted by atomic mass is 32.1. The van der Waals surface area contributed by atoms with Gasteiger partial charge in [-0.2, -0.15) is 0 Å². The summed E-state index contributed by atoms with van der Waals surface area (Å²) in [6, 6.07) is 8.27. The third-order valence-electron chi connectivity index (χ3n) is 5.07. The van der Waals surface area contributed by atoms with Gasteiger partial charge in [-0.15, -0.1) is 11.3 Å². The van der Waals surface area contributed by atoms with Gasteiger partial charge in [0.1, 0.15) is 5.60 Å². The van der Waals surface area contributed by atoms with Crippen molar-refractivity contribution in [2.75, 3.05) is 18.4 Å². The van der Waals surface area contributed by atoms with Crippen LogP contribution in [0.3, 0.4) is 0 Å². The van der Waals surface area contributed by atoms with Crippen LogP contribution < -0.4 is 5.32 Å². The van der Waals surface area contributed by atoms with Crippen LogP contribution >= 0.6 is 11.3 Å². The summed E-state index contributed by atoms with van der Waals surface area (Å²) in [7, 11) is 0. The van der Waals surface area contributed by atoms with Crippen molar-refractivity contribution in [3.63, 3.8) is 0 Å². The van der Waals surface area contributed by atoms with Gasteiger partial charge in [-0.05, 0) is 39.2 Å². The average molecular weight is 400 g/mol. The standard InChI is InChI=1S/C21H25N3O3S/c1-21(2,3)27-20(26)24-10-8-13(9-11-24)18(25)23-19-22-17-15-7-5-4-6-14(15)12-16(17)28-19/h4-7,13H,8-12H2,1-3H3,(H,22,23,25). The predicted molar refractivity (Wildman–Crippen MR) is 110 cm³/mol. The molecule has 1 aromatic carbocycles. The minimum Gasteiger partial charge on any atom is -0.444 e. The van der Waals surface area contributed by atoms with Crippen molar-refractivity contribution >= 4 is 28.5 Å². The van der Waals surface area contributed by atoms with Gasteiger partial charge in [-0.1, -0.05) is 24.3 Å². The fraction of sp³-hybridized carbons (Fsp3) is 0.476. The zero-order chi connectivity index (χ0) is 19.9. The van der Waals surface area contributed by atoms with Gasteiger partial charge in [0.2, 0.25) is 5.91 Å². The third kappa shape index (κ3) is 3.90. The van der Waals surface area contributed by atoms with E-state index in [2.05, 4.69) is 22.4 Å². The number of carbonyl (C=O) groups is 2. The van der Waals surface area contributed by atoms with E-state index in [1.807, 2.05) is 32.9 Å². The Kier molecular flexibility index (Phi) is 4.87. The van der Waals surface area contributed by atoms with Crippen LogP contribution in [-0.4, -0.2) is 40.6 Å². The van der Waals surface area contributed by atoms with Crippen molar-refractivity contribution in [3.8, 4) is 11.3 Å². The molecule has 1 aliphatic carbocycles. The number of nitrogens with one attached hydrogen (secondary N) is 1. The van der Waals surface area contributed by atoms with E-state index in [0.717, 1.165) is 12.1 Å². The molecular weight excluding hydrogens is 374 g/mol. The molecule has 148 valence electrons. The Labute approximate surface area is 168 Å². The zero-order valence-electron chi connectivity index (χ0n) is 16.4. The summed E-state index contributed by atoms with van der Waals surface area (Å²) in [5.41, 5.74) is 2.95. The summed E-state index contributed by atoms with van der Waals surface area (Å²) in [6.07, 6.45) is 1.85. The molecule has 1 aromatic heterocycles. The number of amides is 2. The molecule has 0 radical (unpaired) electrons. The van der Waals surface area contributed by atoms with Crippen LogP contribution in [0.25, 0.3) is 11.3 Å². The minimum absolute atomic E-state index is 0.00968. The van der Waals surface area contributed by atoms with E-state index in [9.17, 15) is 9.59 Å². The van der Waals surface area contributed by atoms with E-state index in [1.165, 1.54) is 16.0 Å². The van der Waals surface area contributed by atoms with Gasteiger partial charge in [-0.3, -0.25) is 4.79 Å². The number of fused-ring (bicyclic) bond motifs is 3. The molecule has 6 nitrogen and oxygen atoms in total. The molecule has 2 heterocycles. The van der Waals surface area contributed by atoms with Gasteiger partial charge in [0, 0.05) is 35.9 Å². The maximum absolute atomic E-state index is 12.7. The number of likely N-dealkylation sites (tertiary alicyclic amines) is 1. The molecule has 0 spiro atoms. The second kappa shape index (κ2) is 7.20. The highest BCUT2D eigenvalue weighted by Gasteiger charge is 2.31. The first kappa shape index (κ1) is 18.9. The molecule has 0 atom stereocenters. The van der Waals surface area contributed by atoms with Crippen LogP contribution in [0.2, 0.25) is 0 Å². The molecule has 1 N–H and O–H groups in total. The number of nitrogens with zero attached hydrogens (tertiary/aromatic N) is 2. The maximum atomic E-state index is 12.7. The molecule has 0 bridgehead atoms. The van der Waals surface area contributed by atoms with Crippen LogP contribution in [0, 0.1) is 5.92 Å². The zero-order valence-corrected chi connectivity index (χ0v) is 17.3. The first-order valence-corrected chi connectivity index (χ1v) is 10.5. The lowest BCUT2D eigenvalue weighted by atomic mass is 9.96. The number of hydrogen-bond donors (Lipinski definition) is 1. The summed E-state index contributed by atoms with van der Waals surface area (Å²) in [6.45, 7) is 6.64. The number of ether oxygens (including phenoxy) is 1. The summed E-state index contributed by atoms with van der Waals surface area (Å²) in [4.78, 5) is 32.4. The smallest absolute Gasteiger partial charge is 0.410 e. The SMILES string of the molecule is CC(C)(C)OC(=O)N1CCC(C(=O)Nc2nc3c(s2)Cc2ccccc2-3)CC1. The Bertz CT molecular complexity index is 908. The highest BCUT2D eigenvalue weighted by Crippen LogP contribution is 2.41. The van der Waals surface area contributed by atoms with Gasteiger partial charge >= 0.3 is 6.09 Å². The Morgan fingerprint density at radius 1 is 1.21 bits per heavy atom. The molecule has 1 fully saturated rings. The first-order chi connectivity index (χ1) is 13.3. The molecular formula is C21H25N3O3S. The number of thiazole rings is 1. The lowest BCUT2D eigenvalue weighted by molar-refractivity contribution is -0.121. The molecule has 0 saturated carbocycles. The Balaban J connectivity index is 1.33. The van der Waals surface area contributed by atoms with Crippen LogP contribution in [0.5, 0.6) is 0 Å². The van der Waals surface area contributed by atoms with E-state index in [-0.39, 0.29) is 17.9 Å². The van der Waals surface area contributed by atoms with Crippen LogP contribution in [0.1, 0.15) is 44.1 Å². The normalized spacial score (nSPS) is 16.5. The number of piperidine rings is 1. The van der Waals surface area contributed by atoms with Gasteiger partial charge in [-0.25, -0.2) is 9.78 Å². The summed E-state index contributed by atoms with van der Waals surface area (Å²) < 4.78 is 5.41. The second-order valence-corrected chi connectivity index (χ2v) is 9.44. The van der Waals surface area contributed by atoms with Crippen molar-refractivity contribution in [1.29, 1.82) is 0 Å². The maximum Gasteiger partial charge on any atom is 0.410 e. The van der Waals surface area contributed by atoms with Gasteiger partial charge in [0.15, 0.2) is 5.13 Å². The lowest BCUT2D eigenvalue weighted by Crippen LogP contribution is -2.43. The average Bonchev–Trinajstić information content (AvgIpc) is 3.17. The number of benzene rings is 1. The summed E-state index contributed by atoms with van der Waals surface area (Å²) in [5, 5.41) is 3.65. The van der Waals surface area contributed by atoms with E-state index >= 15 is 0 Å². The van der Waals surface area contributed by atoms with E-state index in [0.29, 0.717) is 31.1 Å². The van der Waals surface area contributed by atoms with E-state index in [1.54, 1.807) is 16.2 Å². The summed E-state index contributed by atoms with van der Waals surface area (Å²) >= 11 is 1.56. The molecule has 1 aliphatic heterocycles. The monoisotopic (exact) mass is 399 g/mol. The Morgan fingerprint density at radius 2 is 1.93 bits per heavy atom. The van der Waals surface area contributed by atoms with Crippen molar-refractivity contribution < 1.29 is 14.3 Å². The number of hydrogen-bond acceptors (Lipinski definition) is 5. The Morgan fingerprint density at radius 3 is 2.64 bits per heavy atom. The topological polar surface area (TPSA) is 71.5 Å². The fourth-order valence-corrected chi connectivity index (χ4v) is 4.67. The van der Waals surface area contributed by atoms with E-state index in [4.69, 9.17) is 4.74 Å².